The molecule has 0 aliphatic rings. The Balaban J connectivity index is 2.19. The molecule has 0 saturated heterocycles. The minimum Gasteiger partial charge on any atom is -0.467 e. The van der Waals surface area contributed by atoms with Gasteiger partial charge in [0, 0.05) is 5.69 Å². The molecular formula is C15H14N2O2. The number of nitrogens with zero attached hydrogens (tertiary/aromatic N) is 2. The van der Waals surface area contributed by atoms with Gasteiger partial charge < -0.3 is 9.32 Å². The van der Waals surface area contributed by atoms with Crippen LogP contribution in [0.3, 0.4) is 0 Å². The number of terminal acetylenes is 1. The summed E-state index contributed by atoms with van der Waals surface area (Å²) in [5.74, 6) is 2.98. The predicted molar refractivity (Wildman–Crippen MR) is 71.3 cm³/mol. The second-order valence-electron chi connectivity index (χ2n) is 4.11. The van der Waals surface area contributed by atoms with E-state index in [-0.39, 0.29) is 12.5 Å². The van der Waals surface area contributed by atoms with Crippen LogP contribution in [-0.4, -0.2) is 22.3 Å². The average Bonchev–Trinajstić information content (AvgIpc) is 2.90. The Morgan fingerprint density at radius 1 is 1.42 bits per heavy atom. The zero-order chi connectivity index (χ0) is 13.7. The Kier molecular flexibility index (Phi) is 3.99. The van der Waals surface area contributed by atoms with Gasteiger partial charge in [0.05, 0.1) is 19.4 Å². The van der Waals surface area contributed by atoms with Crippen LogP contribution in [0.4, 0.5) is 0 Å². The lowest BCUT2D eigenvalue weighted by Gasteiger charge is -2.18. The summed E-state index contributed by atoms with van der Waals surface area (Å²) in [6.45, 7) is 2.40. The van der Waals surface area contributed by atoms with E-state index in [0.29, 0.717) is 18.0 Å². The van der Waals surface area contributed by atoms with Crippen molar-refractivity contribution in [2.75, 3.05) is 6.54 Å². The van der Waals surface area contributed by atoms with Crippen molar-refractivity contribution < 1.29 is 9.21 Å². The first-order valence-electron chi connectivity index (χ1n) is 5.89. The number of rotatable bonds is 4. The van der Waals surface area contributed by atoms with Gasteiger partial charge in [-0.1, -0.05) is 12.0 Å². The molecule has 96 valence electrons. The molecule has 0 aromatic carbocycles. The Hall–Kier alpha value is -2.54. The van der Waals surface area contributed by atoms with Gasteiger partial charge in [0.15, 0.2) is 0 Å². The zero-order valence-electron chi connectivity index (χ0n) is 10.7. The molecule has 0 radical (unpaired) electrons. The number of hydrogen-bond acceptors (Lipinski definition) is 3. The molecule has 0 aliphatic heterocycles. The van der Waals surface area contributed by atoms with Gasteiger partial charge in [-0.3, -0.25) is 4.79 Å². The third kappa shape index (κ3) is 3.23. The molecule has 0 N–H and O–H groups in total. The molecule has 0 bridgehead atoms. The van der Waals surface area contributed by atoms with Crippen LogP contribution in [-0.2, 0) is 6.54 Å². The van der Waals surface area contributed by atoms with E-state index in [1.165, 1.54) is 4.90 Å². The highest BCUT2D eigenvalue weighted by atomic mass is 16.3. The van der Waals surface area contributed by atoms with E-state index in [1.807, 2.05) is 13.0 Å². The van der Waals surface area contributed by atoms with Gasteiger partial charge in [-0.15, -0.1) is 6.42 Å². The predicted octanol–water partition coefficient (Wildman–Crippen LogP) is 2.26. The molecule has 0 fully saturated rings. The van der Waals surface area contributed by atoms with E-state index < -0.39 is 0 Å². The molecule has 1 amide bonds. The fourth-order valence-corrected chi connectivity index (χ4v) is 1.72. The zero-order valence-corrected chi connectivity index (χ0v) is 10.7. The van der Waals surface area contributed by atoms with Crippen LogP contribution in [0.15, 0.2) is 41.0 Å². The summed E-state index contributed by atoms with van der Waals surface area (Å²) in [7, 11) is 0. The topological polar surface area (TPSA) is 46.3 Å². The number of carbonyl (C=O) groups excluding carboxylic acids is 1. The van der Waals surface area contributed by atoms with Crippen molar-refractivity contribution in [1.29, 1.82) is 0 Å². The average molecular weight is 254 g/mol. The van der Waals surface area contributed by atoms with E-state index in [2.05, 4.69) is 10.9 Å². The third-order valence-electron chi connectivity index (χ3n) is 2.60. The monoisotopic (exact) mass is 254 g/mol. The number of carbonyl (C=O) groups is 1. The molecule has 2 aromatic heterocycles. The summed E-state index contributed by atoms with van der Waals surface area (Å²) in [6, 6.07) is 8.91. The molecule has 0 saturated carbocycles. The number of aromatic nitrogens is 1. The van der Waals surface area contributed by atoms with Gasteiger partial charge in [0.25, 0.3) is 5.91 Å². The molecule has 19 heavy (non-hydrogen) atoms. The highest BCUT2D eigenvalue weighted by Gasteiger charge is 2.17. The molecule has 2 heterocycles. The third-order valence-corrected chi connectivity index (χ3v) is 2.60. The Morgan fingerprint density at radius 3 is 2.89 bits per heavy atom. The maximum Gasteiger partial charge on any atom is 0.273 e. The van der Waals surface area contributed by atoms with Gasteiger partial charge in [-0.05, 0) is 31.2 Å². The van der Waals surface area contributed by atoms with E-state index in [9.17, 15) is 4.79 Å². The first kappa shape index (κ1) is 12.9. The lowest BCUT2D eigenvalue weighted by Crippen LogP contribution is -2.31. The number of hydrogen-bond donors (Lipinski definition) is 0. The number of amides is 1. The van der Waals surface area contributed by atoms with Crippen molar-refractivity contribution in [2.45, 2.75) is 13.5 Å². The van der Waals surface area contributed by atoms with Gasteiger partial charge in [0.1, 0.15) is 11.5 Å². The SMILES string of the molecule is C#CCN(Cc1ccco1)C(=O)c1cccc(C)n1. The molecule has 2 rings (SSSR count). The van der Waals surface area contributed by atoms with Gasteiger partial charge >= 0.3 is 0 Å². The largest absolute Gasteiger partial charge is 0.467 e. The maximum absolute atomic E-state index is 12.3. The van der Waals surface area contributed by atoms with E-state index >= 15 is 0 Å². The maximum atomic E-state index is 12.3. The van der Waals surface area contributed by atoms with Crippen LogP contribution in [0.2, 0.25) is 0 Å². The van der Waals surface area contributed by atoms with Crippen molar-refractivity contribution in [1.82, 2.24) is 9.88 Å². The van der Waals surface area contributed by atoms with Crippen molar-refractivity contribution in [3.8, 4) is 12.3 Å². The van der Waals surface area contributed by atoms with Gasteiger partial charge in [-0.25, -0.2) is 4.98 Å². The highest BCUT2D eigenvalue weighted by Crippen LogP contribution is 2.09. The minimum atomic E-state index is -0.196. The molecule has 2 aromatic rings. The van der Waals surface area contributed by atoms with Crippen molar-refractivity contribution >= 4 is 5.91 Å². The summed E-state index contributed by atoms with van der Waals surface area (Å²) in [5.41, 5.74) is 1.19. The minimum absolute atomic E-state index is 0.196. The Morgan fingerprint density at radius 2 is 2.26 bits per heavy atom. The standard InChI is InChI=1S/C15H14N2O2/c1-3-9-17(11-13-7-5-10-19-13)15(18)14-8-4-6-12(2)16-14/h1,4-8,10H,9,11H2,2H3. The van der Waals surface area contributed by atoms with Crippen molar-refractivity contribution in [3.63, 3.8) is 0 Å². The van der Waals surface area contributed by atoms with E-state index in [4.69, 9.17) is 10.8 Å². The molecule has 0 atom stereocenters. The molecule has 0 aliphatic carbocycles. The highest BCUT2D eigenvalue weighted by molar-refractivity contribution is 5.92. The quantitative estimate of drug-likeness (QED) is 0.786. The Labute approximate surface area is 112 Å². The van der Waals surface area contributed by atoms with Crippen LogP contribution < -0.4 is 0 Å². The fourth-order valence-electron chi connectivity index (χ4n) is 1.72. The second-order valence-corrected chi connectivity index (χ2v) is 4.11. The first-order valence-corrected chi connectivity index (χ1v) is 5.89. The summed E-state index contributed by atoms with van der Waals surface area (Å²) < 4.78 is 5.24. The normalized spacial score (nSPS) is 9.89. The Bertz CT molecular complexity index is 597. The van der Waals surface area contributed by atoms with E-state index in [1.54, 1.807) is 30.5 Å². The van der Waals surface area contributed by atoms with Gasteiger partial charge in [-0.2, -0.15) is 0 Å². The lowest BCUT2D eigenvalue weighted by atomic mass is 10.2. The summed E-state index contributed by atoms with van der Waals surface area (Å²) >= 11 is 0. The number of pyridine rings is 1. The van der Waals surface area contributed by atoms with Crippen LogP contribution in [0.1, 0.15) is 21.9 Å². The number of aryl methyl sites for hydroxylation is 1. The van der Waals surface area contributed by atoms with Crippen LogP contribution in [0, 0.1) is 19.3 Å². The summed E-state index contributed by atoms with van der Waals surface area (Å²) in [4.78, 5) is 18.1. The lowest BCUT2D eigenvalue weighted by molar-refractivity contribution is 0.0749. The fraction of sp³-hybridized carbons (Fsp3) is 0.200. The van der Waals surface area contributed by atoms with Crippen molar-refractivity contribution in [2.24, 2.45) is 0 Å². The smallest absolute Gasteiger partial charge is 0.273 e. The molecule has 0 spiro atoms. The van der Waals surface area contributed by atoms with Crippen molar-refractivity contribution in [3.05, 3.63) is 53.7 Å². The first-order chi connectivity index (χ1) is 9.20. The van der Waals surface area contributed by atoms with Crippen LogP contribution >= 0.6 is 0 Å². The van der Waals surface area contributed by atoms with Gasteiger partial charge in [0.2, 0.25) is 0 Å². The van der Waals surface area contributed by atoms with E-state index in [0.717, 1.165) is 5.69 Å². The number of furan rings is 1. The molecular weight excluding hydrogens is 240 g/mol. The molecule has 0 unspecified atom stereocenters. The van der Waals surface area contributed by atoms with Crippen LogP contribution in [0.5, 0.6) is 0 Å². The van der Waals surface area contributed by atoms with Crippen LogP contribution in [0.25, 0.3) is 0 Å². The summed E-state index contributed by atoms with van der Waals surface area (Å²) in [5, 5.41) is 0. The summed E-state index contributed by atoms with van der Waals surface area (Å²) in [6.07, 6.45) is 6.88. The second kappa shape index (κ2) is 5.87. The molecule has 4 nitrogen and oxygen atoms in total. The molecule has 4 heteroatoms.